The van der Waals surface area contributed by atoms with Crippen LogP contribution in [0.25, 0.3) is 0 Å². The lowest BCUT2D eigenvalue weighted by Crippen LogP contribution is -2.52. The quantitative estimate of drug-likeness (QED) is 0.831. The molecule has 150 valence electrons. The summed E-state index contributed by atoms with van der Waals surface area (Å²) >= 11 is 0. The summed E-state index contributed by atoms with van der Waals surface area (Å²) in [5.74, 6) is -0.0884. The second-order valence-electron chi connectivity index (χ2n) is 7.72. The highest BCUT2D eigenvalue weighted by atomic mass is 32.2. The minimum Gasteiger partial charge on any atom is -0.339 e. The van der Waals surface area contributed by atoms with Crippen molar-refractivity contribution in [2.45, 2.75) is 56.9 Å². The number of nitrogens with zero attached hydrogens (tertiary/aromatic N) is 2. The van der Waals surface area contributed by atoms with E-state index in [4.69, 9.17) is 0 Å². The highest BCUT2D eigenvalue weighted by molar-refractivity contribution is 7.89. The van der Waals surface area contributed by atoms with Crippen molar-refractivity contribution in [2.24, 2.45) is 0 Å². The molecule has 0 spiro atoms. The summed E-state index contributed by atoms with van der Waals surface area (Å²) in [6.45, 7) is 6.64. The van der Waals surface area contributed by atoms with E-state index >= 15 is 0 Å². The lowest BCUT2D eigenvalue weighted by molar-refractivity contribution is -0.132. The fourth-order valence-corrected chi connectivity index (χ4v) is 5.66. The maximum absolute atomic E-state index is 13.5. The van der Waals surface area contributed by atoms with Crippen molar-refractivity contribution in [3.05, 3.63) is 29.3 Å². The molecule has 1 aliphatic carbocycles. The minimum absolute atomic E-state index is 0.0556. The molecular weight excluding hydrogens is 362 g/mol. The Hall–Kier alpha value is -1.44. The van der Waals surface area contributed by atoms with E-state index in [1.54, 1.807) is 17.0 Å². The summed E-state index contributed by atoms with van der Waals surface area (Å²) in [6.07, 6.45) is 4.84. The molecule has 2 aliphatic rings. The Balaban J connectivity index is 1.88. The van der Waals surface area contributed by atoms with E-state index in [-0.39, 0.29) is 18.5 Å². The highest BCUT2D eigenvalue weighted by Gasteiger charge is 2.35. The van der Waals surface area contributed by atoms with Crippen molar-refractivity contribution in [1.29, 1.82) is 0 Å². The number of rotatable bonds is 5. The first-order valence-electron chi connectivity index (χ1n) is 9.97. The molecule has 0 unspecified atom stereocenters. The van der Waals surface area contributed by atoms with Gasteiger partial charge < -0.3 is 10.2 Å². The van der Waals surface area contributed by atoms with E-state index < -0.39 is 10.0 Å². The Kier molecular flexibility index (Phi) is 6.55. The molecule has 3 rings (SSSR count). The van der Waals surface area contributed by atoms with E-state index in [1.165, 1.54) is 4.31 Å². The van der Waals surface area contributed by atoms with Gasteiger partial charge in [-0.1, -0.05) is 25.3 Å². The highest BCUT2D eigenvalue weighted by Crippen LogP contribution is 2.28. The Bertz CT molecular complexity index is 767. The summed E-state index contributed by atoms with van der Waals surface area (Å²) in [4.78, 5) is 14.9. The fraction of sp³-hybridized carbons (Fsp3) is 0.650. The van der Waals surface area contributed by atoms with Crippen LogP contribution in [0.2, 0.25) is 0 Å². The van der Waals surface area contributed by atoms with Crippen LogP contribution >= 0.6 is 0 Å². The number of hydrogen-bond acceptors (Lipinski definition) is 4. The van der Waals surface area contributed by atoms with Gasteiger partial charge in [0.1, 0.15) is 0 Å². The molecule has 1 aromatic carbocycles. The molecule has 0 radical (unpaired) electrons. The first kappa shape index (κ1) is 20.3. The summed E-state index contributed by atoms with van der Waals surface area (Å²) in [5.41, 5.74) is 2.02. The molecule has 1 aromatic rings. The Morgan fingerprint density at radius 3 is 2.41 bits per heavy atom. The number of carbonyl (C=O) groups excluding carboxylic acids is 1. The third kappa shape index (κ3) is 4.70. The monoisotopic (exact) mass is 393 g/mol. The fourth-order valence-electron chi connectivity index (χ4n) is 3.94. The van der Waals surface area contributed by atoms with Gasteiger partial charge in [-0.3, -0.25) is 4.79 Å². The molecular formula is C20H31N3O3S. The van der Waals surface area contributed by atoms with Crippen LogP contribution in [-0.2, 0) is 14.8 Å². The predicted octanol–water partition coefficient (Wildman–Crippen LogP) is 2.06. The van der Waals surface area contributed by atoms with Crippen molar-refractivity contribution in [1.82, 2.24) is 14.5 Å². The Morgan fingerprint density at radius 1 is 1.11 bits per heavy atom. The number of hydrogen-bond donors (Lipinski definition) is 1. The molecule has 2 fully saturated rings. The zero-order valence-electron chi connectivity index (χ0n) is 16.4. The third-order valence-electron chi connectivity index (χ3n) is 5.83. The number of aryl methyl sites for hydroxylation is 2. The molecule has 7 heteroatoms. The second kappa shape index (κ2) is 8.71. The smallest absolute Gasteiger partial charge is 0.243 e. The number of benzene rings is 1. The molecule has 27 heavy (non-hydrogen) atoms. The molecule has 1 aliphatic heterocycles. The van der Waals surface area contributed by atoms with Gasteiger partial charge >= 0.3 is 0 Å². The maximum atomic E-state index is 13.5. The molecule has 0 bridgehead atoms. The summed E-state index contributed by atoms with van der Waals surface area (Å²) < 4.78 is 28.4. The summed E-state index contributed by atoms with van der Waals surface area (Å²) in [5, 5.41) is 3.23. The van der Waals surface area contributed by atoms with Crippen LogP contribution in [-0.4, -0.2) is 62.3 Å². The predicted molar refractivity (Wildman–Crippen MR) is 106 cm³/mol. The summed E-state index contributed by atoms with van der Waals surface area (Å²) in [6, 6.07) is 5.16. The van der Waals surface area contributed by atoms with Gasteiger partial charge in [0, 0.05) is 32.2 Å². The molecule has 1 N–H and O–H groups in total. The average Bonchev–Trinajstić information content (AvgIpc) is 2.69. The van der Waals surface area contributed by atoms with Gasteiger partial charge in [-0.05, 0) is 49.9 Å². The number of amides is 1. The van der Waals surface area contributed by atoms with E-state index in [0.29, 0.717) is 18.0 Å². The van der Waals surface area contributed by atoms with Crippen molar-refractivity contribution < 1.29 is 13.2 Å². The van der Waals surface area contributed by atoms with Gasteiger partial charge in [0.05, 0.1) is 11.4 Å². The van der Waals surface area contributed by atoms with Crippen LogP contribution in [0, 0.1) is 13.8 Å². The first-order valence-corrected chi connectivity index (χ1v) is 11.4. The van der Waals surface area contributed by atoms with E-state index in [9.17, 15) is 13.2 Å². The lowest BCUT2D eigenvalue weighted by atomic mass is 9.95. The van der Waals surface area contributed by atoms with E-state index in [2.05, 4.69) is 5.32 Å². The topological polar surface area (TPSA) is 69.7 Å². The molecule has 1 saturated heterocycles. The van der Waals surface area contributed by atoms with Crippen LogP contribution in [0.5, 0.6) is 0 Å². The largest absolute Gasteiger partial charge is 0.339 e. The third-order valence-corrected chi connectivity index (χ3v) is 7.72. The SMILES string of the molecule is Cc1ccc(S(=O)(=O)N(CC(=O)N2CCNCC2)C2CCCCC2)cc1C. The van der Waals surface area contributed by atoms with E-state index in [0.717, 1.165) is 56.3 Å². The summed E-state index contributed by atoms with van der Waals surface area (Å²) in [7, 11) is -3.70. The molecule has 1 heterocycles. The molecule has 1 saturated carbocycles. The van der Waals surface area contributed by atoms with Crippen LogP contribution in [0.15, 0.2) is 23.1 Å². The first-order chi connectivity index (χ1) is 12.9. The van der Waals surface area contributed by atoms with Gasteiger partial charge in [-0.25, -0.2) is 8.42 Å². The van der Waals surface area contributed by atoms with Crippen molar-refractivity contribution in [2.75, 3.05) is 32.7 Å². The van der Waals surface area contributed by atoms with Gasteiger partial charge in [0.2, 0.25) is 15.9 Å². The number of nitrogens with one attached hydrogen (secondary N) is 1. The number of carbonyl (C=O) groups is 1. The molecule has 6 nitrogen and oxygen atoms in total. The molecule has 0 aromatic heterocycles. The van der Waals surface area contributed by atoms with Crippen molar-refractivity contribution >= 4 is 15.9 Å². The van der Waals surface area contributed by atoms with Crippen LogP contribution in [0.1, 0.15) is 43.2 Å². The van der Waals surface area contributed by atoms with Crippen molar-refractivity contribution in [3.8, 4) is 0 Å². The Labute approximate surface area is 163 Å². The van der Waals surface area contributed by atoms with Gasteiger partial charge in [-0.2, -0.15) is 4.31 Å². The van der Waals surface area contributed by atoms with Crippen LogP contribution in [0.4, 0.5) is 0 Å². The number of sulfonamides is 1. The average molecular weight is 394 g/mol. The van der Waals surface area contributed by atoms with Crippen LogP contribution < -0.4 is 5.32 Å². The molecule has 1 amide bonds. The van der Waals surface area contributed by atoms with Gasteiger partial charge in [-0.15, -0.1) is 0 Å². The van der Waals surface area contributed by atoms with Gasteiger partial charge in [0.25, 0.3) is 0 Å². The number of piperazine rings is 1. The maximum Gasteiger partial charge on any atom is 0.243 e. The Morgan fingerprint density at radius 2 is 1.78 bits per heavy atom. The molecule has 0 atom stereocenters. The van der Waals surface area contributed by atoms with Crippen LogP contribution in [0.3, 0.4) is 0 Å². The van der Waals surface area contributed by atoms with Crippen molar-refractivity contribution in [3.63, 3.8) is 0 Å². The second-order valence-corrected chi connectivity index (χ2v) is 9.61. The zero-order valence-corrected chi connectivity index (χ0v) is 17.2. The zero-order chi connectivity index (χ0) is 19.4. The normalized spacial score (nSPS) is 19.4. The lowest BCUT2D eigenvalue weighted by Gasteiger charge is -2.35. The van der Waals surface area contributed by atoms with Gasteiger partial charge in [0.15, 0.2) is 0 Å². The van der Waals surface area contributed by atoms with E-state index in [1.807, 2.05) is 19.9 Å². The minimum atomic E-state index is -3.70. The standard InChI is InChI=1S/C20H31N3O3S/c1-16-8-9-19(14-17(16)2)27(25,26)23(18-6-4-3-5-7-18)15-20(24)22-12-10-21-11-13-22/h8-9,14,18,21H,3-7,10-13,15H2,1-2H3.